The number of carboxylic acids is 1. The van der Waals surface area contributed by atoms with Crippen LogP contribution in [-0.2, 0) is 16.0 Å². The number of nitrogens with one attached hydrogen (secondary N) is 1. The number of carbonyl (C=O) groups excluding carboxylic acids is 2. The maximum absolute atomic E-state index is 11.3. The zero-order valence-corrected chi connectivity index (χ0v) is 8.94. The number of hydrogen-bond acceptors (Lipinski definition) is 4. The van der Waals surface area contributed by atoms with E-state index in [-0.39, 0.29) is 23.6 Å². The molecular formula is C11H9NO5. The zero-order valence-electron chi connectivity index (χ0n) is 8.94. The smallest absolute Gasteiger partial charge is 0.377 e. The number of hydrogen-bond donors (Lipinski definition) is 2. The first-order valence-corrected chi connectivity index (χ1v) is 4.81. The van der Waals surface area contributed by atoms with Gasteiger partial charge in [0.15, 0.2) is 0 Å². The Morgan fingerprint density at radius 3 is 2.71 bits per heavy atom. The average molecular weight is 235 g/mol. The van der Waals surface area contributed by atoms with Crippen molar-refractivity contribution in [2.45, 2.75) is 6.42 Å². The van der Waals surface area contributed by atoms with Gasteiger partial charge < -0.3 is 15.2 Å². The second kappa shape index (κ2) is 3.89. The third-order valence-electron chi connectivity index (χ3n) is 2.48. The molecule has 0 aromatic heterocycles. The summed E-state index contributed by atoms with van der Waals surface area (Å²) in [7, 11) is 1.38. The van der Waals surface area contributed by atoms with Crippen molar-refractivity contribution in [3.8, 4) is 5.75 Å². The van der Waals surface area contributed by atoms with E-state index in [0.29, 0.717) is 11.3 Å². The Bertz CT molecular complexity index is 535. The lowest BCUT2D eigenvalue weighted by molar-refractivity contribution is -0.131. The fourth-order valence-electron chi connectivity index (χ4n) is 1.73. The molecule has 0 bridgehead atoms. The Labute approximate surface area is 96.2 Å². The van der Waals surface area contributed by atoms with Crippen LogP contribution in [0.5, 0.6) is 5.75 Å². The minimum Gasteiger partial charge on any atom is -0.495 e. The number of aliphatic carboxylic acids is 1. The first-order chi connectivity index (χ1) is 8.02. The molecule has 1 aliphatic heterocycles. The summed E-state index contributed by atoms with van der Waals surface area (Å²) in [5.74, 6) is -2.48. The summed E-state index contributed by atoms with van der Waals surface area (Å²) in [4.78, 5) is 33.1. The molecular weight excluding hydrogens is 226 g/mol. The van der Waals surface area contributed by atoms with Crippen molar-refractivity contribution in [1.29, 1.82) is 0 Å². The first-order valence-electron chi connectivity index (χ1n) is 4.81. The van der Waals surface area contributed by atoms with E-state index in [9.17, 15) is 14.4 Å². The van der Waals surface area contributed by atoms with Crippen molar-refractivity contribution in [3.05, 3.63) is 23.3 Å². The van der Waals surface area contributed by atoms with Gasteiger partial charge in [0.2, 0.25) is 5.91 Å². The average Bonchev–Trinajstić information content (AvgIpc) is 2.66. The molecule has 0 aliphatic carbocycles. The molecule has 1 aromatic rings. The molecule has 0 radical (unpaired) electrons. The molecule has 1 aliphatic rings. The Kier molecular flexibility index (Phi) is 2.55. The van der Waals surface area contributed by atoms with Gasteiger partial charge in [-0.25, -0.2) is 4.79 Å². The Balaban J connectivity index is 2.53. The van der Waals surface area contributed by atoms with E-state index in [0.717, 1.165) is 0 Å². The normalized spacial score (nSPS) is 12.9. The van der Waals surface area contributed by atoms with Crippen molar-refractivity contribution in [2.24, 2.45) is 0 Å². The number of rotatable bonds is 3. The van der Waals surface area contributed by atoms with Gasteiger partial charge in [-0.15, -0.1) is 0 Å². The number of ether oxygens (including phenoxy) is 1. The highest BCUT2D eigenvalue weighted by atomic mass is 16.5. The standard InChI is InChI=1S/C11H9NO5/c1-17-7-3-6(10(14)11(15)16)2-5-4-8(13)12-9(5)7/h2-3H,4H2,1H3,(H,12,13)(H,15,16). The summed E-state index contributed by atoms with van der Waals surface area (Å²) in [6.07, 6.45) is 0.117. The topological polar surface area (TPSA) is 92.7 Å². The molecule has 1 amide bonds. The second-order valence-electron chi connectivity index (χ2n) is 3.57. The molecule has 88 valence electrons. The van der Waals surface area contributed by atoms with Crippen LogP contribution in [0.2, 0.25) is 0 Å². The van der Waals surface area contributed by atoms with Crippen molar-refractivity contribution >= 4 is 23.3 Å². The molecule has 0 unspecified atom stereocenters. The van der Waals surface area contributed by atoms with Gasteiger partial charge in [0.1, 0.15) is 5.75 Å². The van der Waals surface area contributed by atoms with Crippen molar-refractivity contribution < 1.29 is 24.2 Å². The SMILES string of the molecule is COc1cc(C(=O)C(=O)O)cc2c1NC(=O)C2. The van der Waals surface area contributed by atoms with E-state index >= 15 is 0 Å². The van der Waals surface area contributed by atoms with E-state index in [1.165, 1.54) is 19.2 Å². The van der Waals surface area contributed by atoms with Crippen LogP contribution < -0.4 is 10.1 Å². The summed E-state index contributed by atoms with van der Waals surface area (Å²) < 4.78 is 5.02. The Morgan fingerprint density at radius 2 is 2.12 bits per heavy atom. The van der Waals surface area contributed by atoms with Crippen LogP contribution in [0.1, 0.15) is 15.9 Å². The van der Waals surface area contributed by atoms with Crippen molar-refractivity contribution in [1.82, 2.24) is 0 Å². The van der Waals surface area contributed by atoms with Crippen LogP contribution in [0.4, 0.5) is 5.69 Å². The van der Waals surface area contributed by atoms with Crippen LogP contribution in [0.15, 0.2) is 12.1 Å². The zero-order chi connectivity index (χ0) is 12.6. The number of anilines is 1. The van der Waals surface area contributed by atoms with Gasteiger partial charge in [0.25, 0.3) is 5.78 Å². The summed E-state index contributed by atoms with van der Waals surface area (Å²) in [6.45, 7) is 0. The Morgan fingerprint density at radius 1 is 1.41 bits per heavy atom. The third-order valence-corrected chi connectivity index (χ3v) is 2.48. The molecule has 6 nitrogen and oxygen atoms in total. The van der Waals surface area contributed by atoms with Gasteiger partial charge in [-0.05, 0) is 17.7 Å². The van der Waals surface area contributed by atoms with Crippen LogP contribution in [0.25, 0.3) is 0 Å². The molecule has 1 aromatic carbocycles. The largest absolute Gasteiger partial charge is 0.495 e. The van der Waals surface area contributed by atoms with E-state index in [1.54, 1.807) is 0 Å². The quantitative estimate of drug-likeness (QED) is 0.586. The summed E-state index contributed by atoms with van der Waals surface area (Å²) in [6, 6.07) is 2.70. The van der Waals surface area contributed by atoms with Gasteiger partial charge in [0.05, 0.1) is 19.2 Å². The lowest BCUT2D eigenvalue weighted by Crippen LogP contribution is -2.13. The minimum atomic E-state index is -1.54. The fraction of sp³-hybridized carbons (Fsp3) is 0.182. The molecule has 0 fully saturated rings. The number of benzene rings is 1. The maximum atomic E-state index is 11.3. The summed E-state index contributed by atoms with van der Waals surface area (Å²) in [5, 5.41) is 11.2. The lowest BCUT2D eigenvalue weighted by atomic mass is 10.0. The number of ketones is 1. The molecule has 1 heterocycles. The number of carboxylic acid groups (broad SMARTS) is 1. The van der Waals surface area contributed by atoms with E-state index in [2.05, 4.69) is 5.32 Å². The maximum Gasteiger partial charge on any atom is 0.377 e. The van der Waals surface area contributed by atoms with Crippen LogP contribution in [0, 0.1) is 0 Å². The predicted molar refractivity (Wildman–Crippen MR) is 57.3 cm³/mol. The number of Topliss-reactive ketones (excluding diaryl/α,β-unsaturated/α-hetero) is 1. The predicted octanol–water partition coefficient (Wildman–Crippen LogP) is 0.457. The molecule has 2 rings (SSSR count). The monoisotopic (exact) mass is 235 g/mol. The van der Waals surface area contributed by atoms with Crippen molar-refractivity contribution in [3.63, 3.8) is 0 Å². The molecule has 0 saturated carbocycles. The van der Waals surface area contributed by atoms with E-state index < -0.39 is 11.8 Å². The number of methoxy groups -OCH3 is 1. The molecule has 0 saturated heterocycles. The molecule has 2 N–H and O–H groups in total. The van der Waals surface area contributed by atoms with Gasteiger partial charge in [-0.2, -0.15) is 0 Å². The highest BCUT2D eigenvalue weighted by molar-refractivity contribution is 6.40. The molecule has 0 spiro atoms. The first kappa shape index (κ1) is 11.1. The van der Waals surface area contributed by atoms with E-state index in [1.807, 2.05) is 0 Å². The number of fused-ring (bicyclic) bond motifs is 1. The van der Waals surface area contributed by atoms with E-state index in [4.69, 9.17) is 9.84 Å². The lowest BCUT2D eigenvalue weighted by Gasteiger charge is -2.08. The van der Waals surface area contributed by atoms with Crippen LogP contribution >= 0.6 is 0 Å². The number of amides is 1. The molecule has 0 atom stereocenters. The third kappa shape index (κ3) is 1.84. The van der Waals surface area contributed by atoms with Gasteiger partial charge in [-0.3, -0.25) is 9.59 Å². The summed E-state index contributed by atoms with van der Waals surface area (Å²) in [5.41, 5.74) is 1.07. The number of carbonyl (C=O) groups is 3. The van der Waals surface area contributed by atoms with Crippen LogP contribution in [0.3, 0.4) is 0 Å². The van der Waals surface area contributed by atoms with Crippen LogP contribution in [-0.4, -0.2) is 29.9 Å². The fourth-order valence-corrected chi connectivity index (χ4v) is 1.73. The van der Waals surface area contributed by atoms with Gasteiger partial charge in [0, 0.05) is 5.56 Å². The minimum absolute atomic E-state index is 0.00426. The molecule has 17 heavy (non-hydrogen) atoms. The second-order valence-corrected chi connectivity index (χ2v) is 3.57. The van der Waals surface area contributed by atoms with Crippen molar-refractivity contribution in [2.75, 3.05) is 12.4 Å². The van der Waals surface area contributed by atoms with Gasteiger partial charge in [-0.1, -0.05) is 0 Å². The molecule has 6 heteroatoms. The highest BCUT2D eigenvalue weighted by Crippen LogP contribution is 2.34. The highest BCUT2D eigenvalue weighted by Gasteiger charge is 2.25. The van der Waals surface area contributed by atoms with Gasteiger partial charge >= 0.3 is 5.97 Å². The Hall–Kier alpha value is -2.37. The summed E-state index contributed by atoms with van der Waals surface area (Å²) >= 11 is 0.